The first-order chi connectivity index (χ1) is 9.33. The van der Waals surface area contributed by atoms with Crippen molar-refractivity contribution in [2.75, 3.05) is 38.8 Å². The summed E-state index contributed by atoms with van der Waals surface area (Å²) in [6.45, 7) is 3.87. The Hall–Kier alpha value is -1.10. The summed E-state index contributed by atoms with van der Waals surface area (Å²) in [7, 11) is 3.53. The van der Waals surface area contributed by atoms with Crippen LogP contribution in [0.2, 0.25) is 0 Å². The number of anilines is 1. The standard InChI is InChI=1S/C15H22N2O2/c1-18-14-9-17(10-15(14)19-2)13-5-3-4-11-6-7-16-8-12(11)13/h3-5,14-16H,6-10H2,1-2H3. The van der Waals surface area contributed by atoms with E-state index in [4.69, 9.17) is 9.47 Å². The molecule has 1 aromatic carbocycles. The summed E-state index contributed by atoms with van der Waals surface area (Å²) in [6.07, 6.45) is 1.45. The number of ether oxygens (including phenoxy) is 2. The van der Waals surface area contributed by atoms with Gasteiger partial charge in [0.15, 0.2) is 0 Å². The van der Waals surface area contributed by atoms with Crippen molar-refractivity contribution in [3.05, 3.63) is 29.3 Å². The molecule has 19 heavy (non-hydrogen) atoms. The highest BCUT2D eigenvalue weighted by molar-refractivity contribution is 5.58. The number of hydrogen-bond donors (Lipinski definition) is 1. The van der Waals surface area contributed by atoms with Crippen LogP contribution in [-0.4, -0.2) is 46.1 Å². The zero-order valence-corrected chi connectivity index (χ0v) is 11.7. The highest BCUT2D eigenvalue weighted by Crippen LogP contribution is 2.30. The van der Waals surface area contributed by atoms with Crippen LogP contribution in [0.25, 0.3) is 0 Å². The van der Waals surface area contributed by atoms with Crippen molar-refractivity contribution in [2.45, 2.75) is 25.2 Å². The van der Waals surface area contributed by atoms with Gasteiger partial charge in [0.05, 0.1) is 0 Å². The second-order valence-electron chi connectivity index (χ2n) is 5.29. The first-order valence-electron chi connectivity index (χ1n) is 6.95. The molecule has 104 valence electrons. The third-order valence-corrected chi connectivity index (χ3v) is 4.28. The fourth-order valence-electron chi connectivity index (χ4n) is 3.19. The molecule has 0 radical (unpaired) electrons. The van der Waals surface area contributed by atoms with E-state index in [2.05, 4.69) is 28.4 Å². The molecular weight excluding hydrogens is 240 g/mol. The van der Waals surface area contributed by atoms with E-state index in [-0.39, 0.29) is 12.2 Å². The van der Waals surface area contributed by atoms with Crippen molar-refractivity contribution >= 4 is 5.69 Å². The van der Waals surface area contributed by atoms with E-state index in [0.717, 1.165) is 32.6 Å². The number of nitrogens with zero attached hydrogens (tertiary/aromatic N) is 1. The Morgan fingerprint density at radius 1 is 1.16 bits per heavy atom. The van der Waals surface area contributed by atoms with Crippen molar-refractivity contribution in [3.8, 4) is 0 Å². The van der Waals surface area contributed by atoms with Crippen LogP contribution in [0.3, 0.4) is 0 Å². The molecule has 2 atom stereocenters. The predicted octanol–water partition coefficient (Wildman–Crippen LogP) is 1.18. The second-order valence-corrected chi connectivity index (χ2v) is 5.29. The van der Waals surface area contributed by atoms with Gasteiger partial charge in [-0.1, -0.05) is 12.1 Å². The molecule has 1 aromatic rings. The largest absolute Gasteiger partial charge is 0.377 e. The average molecular weight is 262 g/mol. The molecule has 0 amide bonds. The highest BCUT2D eigenvalue weighted by atomic mass is 16.5. The Kier molecular flexibility index (Phi) is 3.73. The molecule has 2 unspecified atom stereocenters. The second kappa shape index (κ2) is 5.49. The Morgan fingerprint density at radius 2 is 1.89 bits per heavy atom. The van der Waals surface area contributed by atoms with Crippen molar-refractivity contribution in [1.29, 1.82) is 0 Å². The Balaban J connectivity index is 1.87. The van der Waals surface area contributed by atoms with Gasteiger partial charge in [-0.2, -0.15) is 0 Å². The van der Waals surface area contributed by atoms with E-state index in [1.807, 2.05) is 0 Å². The molecule has 4 heteroatoms. The zero-order chi connectivity index (χ0) is 13.2. The third-order valence-electron chi connectivity index (χ3n) is 4.28. The van der Waals surface area contributed by atoms with Crippen LogP contribution in [0, 0.1) is 0 Å². The number of nitrogens with one attached hydrogen (secondary N) is 1. The molecule has 0 spiro atoms. The first kappa shape index (κ1) is 12.9. The van der Waals surface area contributed by atoms with Crippen LogP contribution < -0.4 is 10.2 Å². The summed E-state index contributed by atoms with van der Waals surface area (Å²) in [5.41, 5.74) is 4.26. The SMILES string of the molecule is COC1CN(c2cccc3c2CNCC3)CC1OC. The molecule has 0 bridgehead atoms. The van der Waals surface area contributed by atoms with Crippen LogP contribution in [0.4, 0.5) is 5.69 Å². The van der Waals surface area contributed by atoms with E-state index in [9.17, 15) is 0 Å². The van der Waals surface area contributed by atoms with Gasteiger partial charge in [-0.15, -0.1) is 0 Å². The summed E-state index contributed by atoms with van der Waals surface area (Å²) in [4.78, 5) is 2.40. The van der Waals surface area contributed by atoms with Crippen molar-refractivity contribution < 1.29 is 9.47 Å². The van der Waals surface area contributed by atoms with Gasteiger partial charge >= 0.3 is 0 Å². The highest BCUT2D eigenvalue weighted by Gasteiger charge is 2.34. The first-order valence-corrected chi connectivity index (χ1v) is 6.95. The van der Waals surface area contributed by atoms with Crippen LogP contribution in [0.15, 0.2) is 18.2 Å². The maximum absolute atomic E-state index is 5.53. The quantitative estimate of drug-likeness (QED) is 0.887. The average Bonchev–Trinajstić information content (AvgIpc) is 2.89. The van der Waals surface area contributed by atoms with Gasteiger partial charge in [-0.3, -0.25) is 0 Å². The van der Waals surface area contributed by atoms with Crippen molar-refractivity contribution in [1.82, 2.24) is 5.32 Å². The van der Waals surface area contributed by atoms with Crippen LogP contribution >= 0.6 is 0 Å². The Bertz CT molecular complexity index is 438. The minimum atomic E-state index is 0.164. The number of rotatable bonds is 3. The van der Waals surface area contributed by atoms with Crippen molar-refractivity contribution in [2.24, 2.45) is 0 Å². The lowest BCUT2D eigenvalue weighted by Gasteiger charge is -2.26. The molecule has 1 fully saturated rings. The fourth-order valence-corrected chi connectivity index (χ4v) is 3.19. The molecule has 2 heterocycles. The topological polar surface area (TPSA) is 33.7 Å². The van der Waals surface area contributed by atoms with Gasteiger partial charge in [-0.05, 0) is 30.2 Å². The van der Waals surface area contributed by atoms with Gasteiger partial charge in [0.1, 0.15) is 12.2 Å². The van der Waals surface area contributed by atoms with E-state index in [1.54, 1.807) is 14.2 Å². The molecule has 0 aliphatic carbocycles. The Morgan fingerprint density at radius 3 is 2.58 bits per heavy atom. The number of methoxy groups -OCH3 is 2. The smallest absolute Gasteiger partial charge is 0.102 e. The molecule has 1 N–H and O–H groups in total. The predicted molar refractivity (Wildman–Crippen MR) is 75.7 cm³/mol. The molecular formula is C15H22N2O2. The summed E-state index contributed by atoms with van der Waals surface area (Å²) in [6, 6.07) is 6.63. The summed E-state index contributed by atoms with van der Waals surface area (Å²) in [5.74, 6) is 0. The van der Waals surface area contributed by atoms with E-state index >= 15 is 0 Å². The lowest BCUT2D eigenvalue weighted by atomic mass is 9.99. The lowest BCUT2D eigenvalue weighted by molar-refractivity contribution is -0.00461. The summed E-state index contributed by atoms with van der Waals surface area (Å²) >= 11 is 0. The van der Waals surface area contributed by atoms with Crippen LogP contribution in [0.5, 0.6) is 0 Å². The summed E-state index contributed by atoms with van der Waals surface area (Å²) < 4.78 is 11.1. The van der Waals surface area contributed by atoms with Gasteiger partial charge in [0.25, 0.3) is 0 Å². The van der Waals surface area contributed by atoms with Crippen LogP contribution in [0.1, 0.15) is 11.1 Å². The normalized spacial score (nSPS) is 26.5. The van der Waals surface area contributed by atoms with Crippen molar-refractivity contribution in [3.63, 3.8) is 0 Å². The molecule has 2 aliphatic rings. The lowest BCUT2D eigenvalue weighted by Crippen LogP contribution is -2.29. The minimum absolute atomic E-state index is 0.164. The van der Waals surface area contributed by atoms with Gasteiger partial charge in [0.2, 0.25) is 0 Å². The van der Waals surface area contributed by atoms with E-state index < -0.39 is 0 Å². The molecule has 2 aliphatic heterocycles. The van der Waals surface area contributed by atoms with Gasteiger partial charge in [-0.25, -0.2) is 0 Å². The van der Waals surface area contributed by atoms with E-state index in [1.165, 1.54) is 16.8 Å². The molecule has 0 saturated carbocycles. The molecule has 4 nitrogen and oxygen atoms in total. The summed E-state index contributed by atoms with van der Waals surface area (Å²) in [5, 5.41) is 3.47. The molecule has 0 aromatic heterocycles. The number of hydrogen-bond acceptors (Lipinski definition) is 4. The zero-order valence-electron chi connectivity index (χ0n) is 11.7. The Labute approximate surface area is 114 Å². The minimum Gasteiger partial charge on any atom is -0.377 e. The monoisotopic (exact) mass is 262 g/mol. The van der Waals surface area contributed by atoms with Gasteiger partial charge in [0, 0.05) is 39.5 Å². The number of benzene rings is 1. The van der Waals surface area contributed by atoms with E-state index in [0.29, 0.717) is 0 Å². The van der Waals surface area contributed by atoms with Crippen LogP contribution in [-0.2, 0) is 22.4 Å². The molecule has 3 rings (SSSR count). The third kappa shape index (κ3) is 2.36. The number of fused-ring (bicyclic) bond motifs is 1. The van der Waals surface area contributed by atoms with Gasteiger partial charge < -0.3 is 19.7 Å². The maximum atomic E-state index is 5.53. The maximum Gasteiger partial charge on any atom is 0.102 e. The molecule has 1 saturated heterocycles. The fraction of sp³-hybridized carbons (Fsp3) is 0.600.